The van der Waals surface area contributed by atoms with Gasteiger partial charge in [0.25, 0.3) is 0 Å². The smallest absolute Gasteiger partial charge is 0.228 e. The van der Waals surface area contributed by atoms with Gasteiger partial charge in [0.15, 0.2) is 0 Å². The van der Waals surface area contributed by atoms with Crippen LogP contribution in [-0.2, 0) is 9.59 Å². The molecule has 4 rings (SSSR count). The Kier molecular flexibility index (Phi) is 3.83. The van der Waals surface area contributed by atoms with Crippen molar-refractivity contribution < 1.29 is 9.59 Å². The monoisotopic (exact) mass is 316 g/mol. The van der Waals surface area contributed by atoms with E-state index in [-0.39, 0.29) is 23.8 Å². The summed E-state index contributed by atoms with van der Waals surface area (Å²) in [6.07, 6.45) is 8.68. The van der Waals surface area contributed by atoms with Crippen LogP contribution in [0.5, 0.6) is 0 Å². The van der Waals surface area contributed by atoms with Crippen LogP contribution in [0.1, 0.15) is 38.1 Å². The molecule has 3 heterocycles. The Morgan fingerprint density at radius 3 is 2.87 bits per heavy atom. The molecule has 3 fully saturated rings. The molecule has 3 aliphatic rings. The van der Waals surface area contributed by atoms with E-state index in [1.54, 1.807) is 6.20 Å². The first-order chi connectivity index (χ1) is 11.2. The minimum Gasteiger partial charge on any atom is -0.342 e. The molecule has 1 aromatic rings. The summed E-state index contributed by atoms with van der Waals surface area (Å²) in [7, 11) is 0. The minimum absolute atomic E-state index is 0.141. The molecule has 0 unspecified atom stereocenters. The minimum atomic E-state index is -0.141. The van der Waals surface area contributed by atoms with Gasteiger partial charge in [-0.2, -0.15) is 5.10 Å². The maximum atomic E-state index is 12.8. The van der Waals surface area contributed by atoms with E-state index >= 15 is 0 Å². The van der Waals surface area contributed by atoms with Gasteiger partial charge >= 0.3 is 0 Å². The molecule has 1 aromatic heterocycles. The van der Waals surface area contributed by atoms with Crippen LogP contribution in [0.3, 0.4) is 0 Å². The number of piperidine rings is 1. The third-order valence-electron chi connectivity index (χ3n) is 5.35. The van der Waals surface area contributed by atoms with E-state index in [1.807, 2.05) is 26.7 Å². The van der Waals surface area contributed by atoms with Crippen molar-refractivity contribution in [2.45, 2.75) is 38.1 Å². The molecule has 2 saturated heterocycles. The number of carbonyl (C=O) groups excluding carboxylic acids is 2. The first-order valence-corrected chi connectivity index (χ1v) is 8.76. The number of carbonyl (C=O) groups is 2. The van der Waals surface area contributed by atoms with Crippen LogP contribution in [-0.4, -0.2) is 57.6 Å². The van der Waals surface area contributed by atoms with Gasteiger partial charge in [-0.1, -0.05) is 0 Å². The van der Waals surface area contributed by atoms with E-state index in [0.717, 1.165) is 25.9 Å². The topological polar surface area (TPSA) is 58.4 Å². The van der Waals surface area contributed by atoms with Gasteiger partial charge in [0.2, 0.25) is 11.8 Å². The Morgan fingerprint density at radius 1 is 1.26 bits per heavy atom. The molecular weight excluding hydrogens is 292 g/mol. The first kappa shape index (κ1) is 14.7. The van der Waals surface area contributed by atoms with Crippen molar-refractivity contribution >= 4 is 11.8 Å². The highest BCUT2D eigenvalue weighted by atomic mass is 16.2. The second kappa shape index (κ2) is 5.98. The Labute approximate surface area is 136 Å². The average Bonchev–Trinajstić information content (AvgIpc) is 3.08. The van der Waals surface area contributed by atoms with E-state index in [0.29, 0.717) is 25.4 Å². The zero-order valence-electron chi connectivity index (χ0n) is 13.4. The summed E-state index contributed by atoms with van der Waals surface area (Å²) in [6, 6.07) is 2.19. The van der Waals surface area contributed by atoms with Gasteiger partial charge in [0.05, 0.1) is 12.0 Å². The highest BCUT2D eigenvalue weighted by Crippen LogP contribution is 2.32. The van der Waals surface area contributed by atoms with Gasteiger partial charge in [0.1, 0.15) is 0 Å². The maximum absolute atomic E-state index is 12.8. The van der Waals surface area contributed by atoms with Crippen LogP contribution in [0.25, 0.3) is 0 Å². The lowest BCUT2D eigenvalue weighted by Crippen LogP contribution is -2.44. The fraction of sp³-hybridized carbons (Fsp3) is 0.706. The lowest BCUT2D eigenvalue weighted by atomic mass is 10.0. The Balaban J connectivity index is 1.37. The molecule has 2 aliphatic heterocycles. The Bertz CT molecular complexity index is 581. The van der Waals surface area contributed by atoms with Gasteiger partial charge in [-0.05, 0) is 37.7 Å². The van der Waals surface area contributed by atoms with Gasteiger partial charge in [0, 0.05) is 45.0 Å². The van der Waals surface area contributed by atoms with Crippen molar-refractivity contribution in [3.8, 4) is 0 Å². The molecule has 0 bridgehead atoms. The van der Waals surface area contributed by atoms with Crippen LogP contribution < -0.4 is 0 Å². The number of hydrogen-bond acceptors (Lipinski definition) is 3. The normalized spacial score (nSPS) is 28.4. The summed E-state index contributed by atoms with van der Waals surface area (Å²) in [6.45, 7) is 3.01. The number of rotatable bonds is 4. The quantitative estimate of drug-likeness (QED) is 0.841. The van der Waals surface area contributed by atoms with Crippen LogP contribution in [0.2, 0.25) is 0 Å². The largest absolute Gasteiger partial charge is 0.342 e. The lowest BCUT2D eigenvalue weighted by Gasteiger charge is -2.34. The van der Waals surface area contributed by atoms with Gasteiger partial charge in [-0.15, -0.1) is 0 Å². The van der Waals surface area contributed by atoms with E-state index in [4.69, 9.17) is 0 Å². The molecule has 0 aromatic carbocycles. The fourth-order valence-corrected chi connectivity index (χ4v) is 3.85. The predicted octanol–water partition coefficient (Wildman–Crippen LogP) is 1.31. The molecule has 6 nitrogen and oxygen atoms in total. The number of aromatic nitrogens is 2. The van der Waals surface area contributed by atoms with Gasteiger partial charge in [-0.3, -0.25) is 14.3 Å². The Morgan fingerprint density at radius 2 is 2.13 bits per heavy atom. The zero-order chi connectivity index (χ0) is 15.8. The summed E-state index contributed by atoms with van der Waals surface area (Å²) < 4.78 is 1.96. The zero-order valence-corrected chi connectivity index (χ0v) is 13.4. The fourth-order valence-electron chi connectivity index (χ4n) is 3.85. The second-order valence-corrected chi connectivity index (χ2v) is 7.21. The number of likely N-dealkylation sites (tertiary alicyclic amines) is 2. The van der Waals surface area contributed by atoms with E-state index in [2.05, 4.69) is 5.10 Å². The van der Waals surface area contributed by atoms with Crippen molar-refractivity contribution in [2.75, 3.05) is 26.2 Å². The molecule has 0 N–H and O–H groups in total. The molecule has 1 saturated carbocycles. The van der Waals surface area contributed by atoms with Crippen LogP contribution >= 0.6 is 0 Å². The lowest BCUT2D eigenvalue weighted by molar-refractivity contribution is -0.137. The maximum Gasteiger partial charge on any atom is 0.228 e. The summed E-state index contributed by atoms with van der Waals surface area (Å²) in [5, 5.41) is 4.31. The molecular formula is C17H24N4O2. The first-order valence-electron chi connectivity index (χ1n) is 8.76. The van der Waals surface area contributed by atoms with Crippen molar-refractivity contribution in [1.29, 1.82) is 0 Å². The molecule has 6 heteroatoms. The molecule has 0 spiro atoms. The molecule has 2 atom stereocenters. The van der Waals surface area contributed by atoms with Crippen molar-refractivity contribution in [3.63, 3.8) is 0 Å². The van der Waals surface area contributed by atoms with Crippen molar-refractivity contribution in [3.05, 3.63) is 18.5 Å². The predicted molar refractivity (Wildman–Crippen MR) is 84.5 cm³/mol. The number of nitrogens with zero attached hydrogens (tertiary/aromatic N) is 4. The van der Waals surface area contributed by atoms with Crippen LogP contribution in [0.4, 0.5) is 0 Å². The van der Waals surface area contributed by atoms with Crippen molar-refractivity contribution in [2.24, 2.45) is 11.8 Å². The summed E-state index contributed by atoms with van der Waals surface area (Å²) in [5.41, 5.74) is 0. The number of amides is 2. The van der Waals surface area contributed by atoms with E-state index in [1.165, 1.54) is 12.8 Å². The summed E-state index contributed by atoms with van der Waals surface area (Å²) in [4.78, 5) is 28.8. The summed E-state index contributed by atoms with van der Waals surface area (Å²) in [5.74, 6) is 0.869. The molecule has 2 amide bonds. The van der Waals surface area contributed by atoms with Crippen LogP contribution in [0, 0.1) is 11.8 Å². The van der Waals surface area contributed by atoms with Gasteiger partial charge in [-0.25, -0.2) is 0 Å². The number of hydrogen-bond donors (Lipinski definition) is 0. The highest BCUT2D eigenvalue weighted by molar-refractivity contribution is 5.89. The van der Waals surface area contributed by atoms with Crippen LogP contribution in [0.15, 0.2) is 18.5 Å². The third-order valence-corrected chi connectivity index (χ3v) is 5.35. The Hall–Kier alpha value is -1.85. The molecule has 1 aliphatic carbocycles. The highest BCUT2D eigenvalue weighted by Gasteiger charge is 2.39. The molecule has 23 heavy (non-hydrogen) atoms. The second-order valence-electron chi connectivity index (χ2n) is 7.21. The summed E-state index contributed by atoms with van der Waals surface area (Å²) >= 11 is 0. The van der Waals surface area contributed by atoms with E-state index < -0.39 is 0 Å². The van der Waals surface area contributed by atoms with Gasteiger partial charge < -0.3 is 9.80 Å². The average molecular weight is 316 g/mol. The molecule has 0 radical (unpaired) electrons. The molecule has 124 valence electrons. The van der Waals surface area contributed by atoms with Crippen molar-refractivity contribution in [1.82, 2.24) is 19.6 Å². The third kappa shape index (κ3) is 3.12. The van der Waals surface area contributed by atoms with E-state index in [9.17, 15) is 9.59 Å². The standard InChI is InChI=1S/C17H24N4O2/c22-16-9-14(11-20(16)10-13-4-5-13)17(23)19-7-1-3-15(12-19)21-8-2-6-18-21/h2,6,8,13-15H,1,3-5,7,9-12H2/t14-,15-/m1/s1. The SMILES string of the molecule is O=C1C[C@@H](C(=O)N2CCC[C@@H](n3cccn3)C2)CN1CC1CC1.